The van der Waals surface area contributed by atoms with Crippen LogP contribution in [0.15, 0.2) is 65.2 Å². The number of nitrogens with one attached hydrogen (secondary N) is 2. The van der Waals surface area contributed by atoms with Crippen LogP contribution in [-0.2, 0) is 16.1 Å². The van der Waals surface area contributed by atoms with Crippen LogP contribution in [0.25, 0.3) is 11.3 Å². The van der Waals surface area contributed by atoms with Gasteiger partial charge in [0.1, 0.15) is 0 Å². The minimum atomic E-state index is -0.503. The highest BCUT2D eigenvalue weighted by Gasteiger charge is 2.28. The zero-order valence-electron chi connectivity index (χ0n) is 18.0. The van der Waals surface area contributed by atoms with Gasteiger partial charge in [-0.05, 0) is 37.1 Å². The van der Waals surface area contributed by atoms with E-state index in [1.54, 1.807) is 6.07 Å². The molecular formula is C24H25N5O4. The van der Waals surface area contributed by atoms with Crippen LogP contribution in [0.3, 0.4) is 0 Å². The van der Waals surface area contributed by atoms with Gasteiger partial charge in [-0.25, -0.2) is 0 Å². The number of nitrogens with zero attached hydrogens (tertiary/aromatic N) is 2. The third kappa shape index (κ3) is 5.64. The second-order valence-electron chi connectivity index (χ2n) is 7.90. The molecule has 4 rings (SSSR count). The first-order valence-electron chi connectivity index (χ1n) is 10.7. The summed E-state index contributed by atoms with van der Waals surface area (Å²) in [5, 5.41) is 9.09. The van der Waals surface area contributed by atoms with E-state index in [4.69, 9.17) is 10.3 Å². The van der Waals surface area contributed by atoms with E-state index in [0.717, 1.165) is 30.5 Å². The van der Waals surface area contributed by atoms with Crippen LogP contribution in [0.4, 0.5) is 5.69 Å². The number of carbonyl (C=O) groups excluding carboxylic acids is 3. The van der Waals surface area contributed by atoms with E-state index in [9.17, 15) is 14.4 Å². The van der Waals surface area contributed by atoms with Gasteiger partial charge < -0.3 is 20.9 Å². The molecule has 0 spiro atoms. The molecule has 33 heavy (non-hydrogen) atoms. The molecule has 2 heterocycles. The van der Waals surface area contributed by atoms with Crippen LogP contribution in [0.5, 0.6) is 0 Å². The van der Waals surface area contributed by atoms with Gasteiger partial charge in [-0.2, -0.15) is 0 Å². The van der Waals surface area contributed by atoms with Crippen LogP contribution in [0, 0.1) is 0 Å². The van der Waals surface area contributed by atoms with Gasteiger partial charge in [-0.1, -0.05) is 47.6 Å². The van der Waals surface area contributed by atoms with E-state index in [-0.39, 0.29) is 30.1 Å². The average molecular weight is 447 g/mol. The van der Waals surface area contributed by atoms with Gasteiger partial charge >= 0.3 is 0 Å². The molecule has 1 fully saturated rings. The second-order valence-corrected chi connectivity index (χ2v) is 7.90. The molecule has 2 aromatic carbocycles. The van der Waals surface area contributed by atoms with Crippen molar-refractivity contribution in [2.45, 2.75) is 25.4 Å². The van der Waals surface area contributed by atoms with E-state index in [1.807, 2.05) is 53.4 Å². The summed E-state index contributed by atoms with van der Waals surface area (Å²) in [5.41, 5.74) is 7.95. The number of carbonyl (C=O) groups is 3. The average Bonchev–Trinajstić information content (AvgIpc) is 3.48. The number of hydrogen-bond acceptors (Lipinski definition) is 6. The van der Waals surface area contributed by atoms with Gasteiger partial charge in [0.15, 0.2) is 11.5 Å². The van der Waals surface area contributed by atoms with Crippen LogP contribution in [0.1, 0.15) is 28.9 Å². The summed E-state index contributed by atoms with van der Waals surface area (Å²) in [7, 11) is 0. The number of hydrogen-bond donors (Lipinski definition) is 3. The Morgan fingerprint density at radius 1 is 1.09 bits per heavy atom. The third-order valence-electron chi connectivity index (χ3n) is 5.50. The molecule has 170 valence electrons. The lowest BCUT2D eigenvalue weighted by Crippen LogP contribution is -2.39. The lowest BCUT2D eigenvalue weighted by molar-refractivity contribution is -0.122. The summed E-state index contributed by atoms with van der Waals surface area (Å²) < 4.78 is 5.22. The van der Waals surface area contributed by atoms with Gasteiger partial charge in [0.05, 0.1) is 12.6 Å². The molecule has 0 saturated carbocycles. The fourth-order valence-corrected chi connectivity index (χ4v) is 3.90. The van der Waals surface area contributed by atoms with Gasteiger partial charge in [0.25, 0.3) is 5.91 Å². The molecule has 4 N–H and O–H groups in total. The van der Waals surface area contributed by atoms with Crippen molar-refractivity contribution in [1.82, 2.24) is 15.4 Å². The van der Waals surface area contributed by atoms with Crippen molar-refractivity contribution in [3.8, 4) is 11.3 Å². The molecular weight excluding hydrogens is 422 g/mol. The molecule has 1 aliphatic rings. The zero-order valence-corrected chi connectivity index (χ0v) is 18.0. The van der Waals surface area contributed by atoms with Crippen molar-refractivity contribution in [2.75, 3.05) is 18.4 Å². The number of amides is 3. The largest absolute Gasteiger partial charge is 0.368 e. The lowest BCUT2D eigenvalue weighted by atomic mass is 10.1. The Bertz CT molecular complexity index is 1140. The smallest absolute Gasteiger partial charge is 0.273 e. The van der Waals surface area contributed by atoms with Crippen LogP contribution < -0.4 is 16.4 Å². The predicted molar refractivity (Wildman–Crippen MR) is 122 cm³/mol. The lowest BCUT2D eigenvalue weighted by Gasteiger charge is -2.22. The molecule has 1 atom stereocenters. The first kappa shape index (κ1) is 22.2. The first-order valence-corrected chi connectivity index (χ1v) is 10.7. The number of aromatic nitrogens is 1. The van der Waals surface area contributed by atoms with Crippen molar-refractivity contribution in [3.63, 3.8) is 0 Å². The maximum atomic E-state index is 12.3. The molecule has 9 nitrogen and oxygen atoms in total. The molecule has 1 aromatic heterocycles. The molecule has 3 amide bonds. The Labute approximate surface area is 190 Å². The number of primary amides is 1. The van der Waals surface area contributed by atoms with Crippen LogP contribution in [-0.4, -0.2) is 46.9 Å². The normalized spacial score (nSPS) is 15.8. The Hall–Kier alpha value is -3.98. The van der Waals surface area contributed by atoms with Crippen molar-refractivity contribution < 1.29 is 18.9 Å². The topological polar surface area (TPSA) is 131 Å². The highest BCUT2D eigenvalue weighted by atomic mass is 16.5. The highest BCUT2D eigenvalue weighted by molar-refractivity contribution is 5.98. The van der Waals surface area contributed by atoms with E-state index < -0.39 is 5.91 Å². The fourth-order valence-electron chi connectivity index (χ4n) is 3.90. The SMILES string of the molecule is NC(=O)C1CCCN1Cc1cccc(NC(=O)CNC(=O)c2cc(-c3ccccc3)on2)c1. The molecule has 1 unspecified atom stereocenters. The van der Waals surface area contributed by atoms with E-state index in [0.29, 0.717) is 18.0 Å². The van der Waals surface area contributed by atoms with E-state index in [2.05, 4.69) is 15.8 Å². The Balaban J connectivity index is 1.29. The minimum absolute atomic E-state index is 0.0956. The monoisotopic (exact) mass is 447 g/mol. The Morgan fingerprint density at radius 3 is 2.70 bits per heavy atom. The van der Waals surface area contributed by atoms with Gasteiger partial charge in [-0.3, -0.25) is 19.3 Å². The summed E-state index contributed by atoms with van der Waals surface area (Å²) in [6.45, 7) is 1.17. The van der Waals surface area contributed by atoms with Gasteiger partial charge in [0, 0.05) is 23.9 Å². The molecule has 0 bridgehead atoms. The molecule has 9 heteroatoms. The zero-order chi connectivity index (χ0) is 23.2. The molecule has 0 radical (unpaired) electrons. The Morgan fingerprint density at radius 2 is 1.91 bits per heavy atom. The predicted octanol–water partition coefficient (Wildman–Crippen LogP) is 2.16. The number of anilines is 1. The maximum Gasteiger partial charge on any atom is 0.273 e. The molecule has 1 aliphatic heterocycles. The van der Waals surface area contributed by atoms with Crippen molar-refractivity contribution in [3.05, 3.63) is 71.9 Å². The van der Waals surface area contributed by atoms with Crippen molar-refractivity contribution >= 4 is 23.4 Å². The second kappa shape index (κ2) is 10.1. The summed E-state index contributed by atoms with van der Waals surface area (Å²) >= 11 is 0. The van der Waals surface area contributed by atoms with E-state index in [1.165, 1.54) is 6.07 Å². The first-order chi connectivity index (χ1) is 16.0. The quantitative estimate of drug-likeness (QED) is 0.485. The summed E-state index contributed by atoms with van der Waals surface area (Å²) in [6, 6.07) is 18.0. The fraction of sp³-hybridized carbons (Fsp3) is 0.250. The molecule has 0 aliphatic carbocycles. The van der Waals surface area contributed by atoms with Gasteiger partial charge in [0.2, 0.25) is 11.8 Å². The van der Waals surface area contributed by atoms with E-state index >= 15 is 0 Å². The highest BCUT2D eigenvalue weighted by Crippen LogP contribution is 2.21. The standard InChI is InChI=1S/C24H25N5O4/c25-23(31)20-10-5-11-29(20)15-16-6-4-9-18(12-16)27-22(30)14-26-24(32)19-13-21(33-28-19)17-7-2-1-3-8-17/h1-4,6-9,12-13,20H,5,10-11,14-15H2,(H2,25,31)(H,26,32)(H,27,30). The minimum Gasteiger partial charge on any atom is -0.368 e. The van der Waals surface area contributed by atoms with Crippen molar-refractivity contribution in [1.29, 1.82) is 0 Å². The number of likely N-dealkylation sites (tertiary alicyclic amines) is 1. The molecule has 1 saturated heterocycles. The number of rotatable bonds is 8. The third-order valence-corrected chi connectivity index (χ3v) is 5.50. The molecule has 3 aromatic rings. The summed E-state index contributed by atoms with van der Waals surface area (Å²) in [4.78, 5) is 38.3. The van der Waals surface area contributed by atoms with Crippen LogP contribution >= 0.6 is 0 Å². The number of benzene rings is 2. The van der Waals surface area contributed by atoms with Gasteiger partial charge in [-0.15, -0.1) is 0 Å². The van der Waals surface area contributed by atoms with Crippen molar-refractivity contribution in [2.24, 2.45) is 5.73 Å². The maximum absolute atomic E-state index is 12.3. The number of nitrogens with two attached hydrogens (primary N) is 1. The summed E-state index contributed by atoms with van der Waals surface area (Å²) in [5.74, 6) is -0.714. The Kier molecular flexibility index (Phi) is 6.80. The van der Waals surface area contributed by atoms with Crippen LogP contribution in [0.2, 0.25) is 0 Å². The summed E-state index contributed by atoms with van der Waals surface area (Å²) in [6.07, 6.45) is 1.70.